The lowest BCUT2D eigenvalue weighted by molar-refractivity contribution is 0.256. The van der Waals surface area contributed by atoms with Gasteiger partial charge in [0.25, 0.3) is 0 Å². The van der Waals surface area contributed by atoms with Crippen LogP contribution < -0.4 is 4.74 Å². The summed E-state index contributed by atoms with van der Waals surface area (Å²) in [6.07, 6.45) is 0.686. The molecule has 1 unspecified atom stereocenters. The third-order valence-electron chi connectivity index (χ3n) is 2.64. The van der Waals surface area contributed by atoms with Gasteiger partial charge >= 0.3 is 0 Å². The van der Waals surface area contributed by atoms with Gasteiger partial charge in [-0.05, 0) is 31.0 Å². The molecule has 1 rings (SSSR count). The Morgan fingerprint density at radius 3 is 2.61 bits per heavy atom. The summed E-state index contributed by atoms with van der Waals surface area (Å²) in [4.78, 5) is 0. The third-order valence-corrected chi connectivity index (χ3v) is 4.12. The zero-order valence-corrected chi connectivity index (χ0v) is 12.6. The quantitative estimate of drug-likeness (QED) is 0.754. The molecule has 1 aromatic carbocycles. The van der Waals surface area contributed by atoms with Crippen molar-refractivity contribution in [2.45, 2.75) is 20.3 Å². The maximum Gasteiger partial charge on any atom is 0.232 e. The van der Waals surface area contributed by atoms with E-state index in [0.717, 1.165) is 5.56 Å². The van der Waals surface area contributed by atoms with Crippen LogP contribution in [0.1, 0.15) is 18.9 Å². The zero-order valence-electron chi connectivity index (χ0n) is 10.3. The predicted octanol–water partition coefficient (Wildman–Crippen LogP) is 3.62. The molecule has 6 heteroatoms. The molecule has 0 saturated heterocycles. The molecule has 0 fully saturated rings. The maximum atomic E-state index is 11.0. The first-order chi connectivity index (χ1) is 8.31. The van der Waals surface area contributed by atoms with Crippen LogP contribution in [0.4, 0.5) is 0 Å². The number of benzene rings is 1. The Hall–Kier alpha value is -0.450. The van der Waals surface area contributed by atoms with Crippen molar-refractivity contribution in [3.05, 3.63) is 28.8 Å². The van der Waals surface area contributed by atoms with Crippen LogP contribution in [-0.2, 0) is 9.05 Å². The van der Waals surface area contributed by atoms with Crippen LogP contribution in [0.15, 0.2) is 18.2 Å². The van der Waals surface area contributed by atoms with Crippen LogP contribution in [0.5, 0.6) is 5.75 Å². The number of aryl methyl sites for hydroxylation is 1. The lowest BCUT2D eigenvalue weighted by atomic mass is 10.1. The van der Waals surface area contributed by atoms with Crippen molar-refractivity contribution in [3.63, 3.8) is 0 Å². The van der Waals surface area contributed by atoms with Gasteiger partial charge in [0.1, 0.15) is 5.75 Å². The summed E-state index contributed by atoms with van der Waals surface area (Å²) >= 11 is 5.88. The summed E-state index contributed by atoms with van der Waals surface area (Å²) in [7, 11) is 1.75. The van der Waals surface area contributed by atoms with Gasteiger partial charge in [0, 0.05) is 21.6 Å². The SMILES string of the molecule is CCC(COc1cc(Cl)ccc1C)CS(=O)(=O)Cl. The van der Waals surface area contributed by atoms with E-state index in [4.69, 9.17) is 27.0 Å². The van der Waals surface area contributed by atoms with Crippen molar-refractivity contribution in [3.8, 4) is 5.75 Å². The second-order valence-electron chi connectivity index (χ2n) is 4.20. The van der Waals surface area contributed by atoms with Crippen LogP contribution in [0.25, 0.3) is 0 Å². The topological polar surface area (TPSA) is 43.4 Å². The molecule has 1 aromatic rings. The largest absolute Gasteiger partial charge is 0.493 e. The minimum atomic E-state index is -3.49. The third kappa shape index (κ3) is 5.46. The van der Waals surface area contributed by atoms with Crippen molar-refractivity contribution < 1.29 is 13.2 Å². The molecule has 102 valence electrons. The smallest absolute Gasteiger partial charge is 0.232 e. The zero-order chi connectivity index (χ0) is 13.8. The fraction of sp³-hybridized carbons (Fsp3) is 0.500. The van der Waals surface area contributed by atoms with Gasteiger partial charge < -0.3 is 4.74 Å². The van der Waals surface area contributed by atoms with Crippen molar-refractivity contribution in [2.24, 2.45) is 5.92 Å². The molecule has 0 aromatic heterocycles. The second-order valence-corrected chi connectivity index (χ2v) is 7.46. The lowest BCUT2D eigenvalue weighted by Gasteiger charge is -2.15. The van der Waals surface area contributed by atoms with Gasteiger partial charge in [0.05, 0.1) is 12.4 Å². The monoisotopic (exact) mass is 310 g/mol. The highest BCUT2D eigenvalue weighted by molar-refractivity contribution is 8.13. The molecule has 3 nitrogen and oxygen atoms in total. The highest BCUT2D eigenvalue weighted by Crippen LogP contribution is 2.23. The lowest BCUT2D eigenvalue weighted by Crippen LogP contribution is -2.19. The van der Waals surface area contributed by atoms with Gasteiger partial charge in [-0.2, -0.15) is 0 Å². The van der Waals surface area contributed by atoms with E-state index in [9.17, 15) is 8.42 Å². The molecule has 0 aliphatic carbocycles. The van der Waals surface area contributed by atoms with Crippen LogP contribution >= 0.6 is 22.3 Å². The standard InChI is InChI=1S/C12H16Cl2O3S/c1-3-10(8-18(14,15)16)7-17-12-6-11(13)5-4-9(12)2/h4-6,10H,3,7-8H2,1-2H3. The van der Waals surface area contributed by atoms with Crippen molar-refractivity contribution in [1.82, 2.24) is 0 Å². The first-order valence-electron chi connectivity index (χ1n) is 5.63. The van der Waals surface area contributed by atoms with Crippen molar-refractivity contribution in [2.75, 3.05) is 12.4 Å². The summed E-state index contributed by atoms with van der Waals surface area (Å²) in [5.41, 5.74) is 0.961. The second kappa shape index (κ2) is 6.64. The van der Waals surface area contributed by atoms with Crippen LogP contribution in [0.3, 0.4) is 0 Å². The number of hydrogen-bond acceptors (Lipinski definition) is 3. The summed E-state index contributed by atoms with van der Waals surface area (Å²) in [5, 5.41) is 0.591. The first-order valence-corrected chi connectivity index (χ1v) is 8.48. The van der Waals surface area contributed by atoms with Crippen molar-refractivity contribution in [1.29, 1.82) is 0 Å². The Balaban J connectivity index is 2.65. The Labute approximate surface area is 117 Å². The highest BCUT2D eigenvalue weighted by atomic mass is 35.7. The fourth-order valence-electron chi connectivity index (χ4n) is 1.50. The van der Waals surface area contributed by atoms with E-state index >= 15 is 0 Å². The van der Waals surface area contributed by atoms with Crippen LogP contribution in [0.2, 0.25) is 5.02 Å². The van der Waals surface area contributed by atoms with Gasteiger partial charge in [-0.3, -0.25) is 0 Å². The molecule has 0 saturated carbocycles. The summed E-state index contributed by atoms with van der Waals surface area (Å²) in [6, 6.07) is 5.36. The molecular formula is C12H16Cl2O3S. The van der Waals surface area contributed by atoms with Gasteiger partial charge in [0.15, 0.2) is 0 Å². The molecule has 0 bridgehead atoms. The van der Waals surface area contributed by atoms with Gasteiger partial charge in [-0.25, -0.2) is 8.42 Å². The average Bonchev–Trinajstić information content (AvgIpc) is 2.27. The molecule has 1 atom stereocenters. The van der Waals surface area contributed by atoms with E-state index in [1.807, 2.05) is 19.9 Å². The number of rotatable bonds is 6. The normalized spacial score (nSPS) is 13.3. The van der Waals surface area contributed by atoms with E-state index in [1.165, 1.54) is 0 Å². The molecule has 0 heterocycles. The number of halogens is 2. The summed E-state index contributed by atoms with van der Waals surface area (Å²) < 4.78 is 27.7. The maximum absolute atomic E-state index is 11.0. The van der Waals surface area contributed by atoms with Gasteiger partial charge in [-0.15, -0.1) is 0 Å². The Kier molecular flexibility index (Phi) is 5.76. The molecule has 0 N–H and O–H groups in total. The van der Waals surface area contributed by atoms with E-state index in [-0.39, 0.29) is 11.7 Å². The number of hydrogen-bond donors (Lipinski definition) is 0. The summed E-state index contributed by atoms with van der Waals surface area (Å²) in [5.74, 6) is 0.476. The van der Waals surface area contributed by atoms with E-state index in [1.54, 1.807) is 12.1 Å². The van der Waals surface area contributed by atoms with Gasteiger partial charge in [0.2, 0.25) is 9.05 Å². The predicted molar refractivity (Wildman–Crippen MR) is 75.1 cm³/mol. The van der Waals surface area contributed by atoms with E-state index in [0.29, 0.717) is 23.8 Å². The molecule has 0 aliphatic heterocycles. The Bertz CT molecular complexity index is 500. The summed E-state index contributed by atoms with van der Waals surface area (Å²) in [6.45, 7) is 4.12. The minimum Gasteiger partial charge on any atom is -0.493 e. The van der Waals surface area contributed by atoms with Crippen LogP contribution in [-0.4, -0.2) is 20.8 Å². The van der Waals surface area contributed by atoms with E-state index < -0.39 is 9.05 Å². The first kappa shape index (κ1) is 15.6. The number of ether oxygens (including phenoxy) is 1. The molecule has 0 aliphatic rings. The fourth-order valence-corrected chi connectivity index (χ4v) is 3.09. The molecule has 0 amide bonds. The Morgan fingerprint density at radius 1 is 1.39 bits per heavy atom. The van der Waals surface area contributed by atoms with E-state index in [2.05, 4.69) is 0 Å². The average molecular weight is 311 g/mol. The van der Waals surface area contributed by atoms with Gasteiger partial charge in [-0.1, -0.05) is 24.6 Å². The van der Waals surface area contributed by atoms with Crippen LogP contribution in [0, 0.1) is 12.8 Å². The Morgan fingerprint density at radius 2 is 2.06 bits per heavy atom. The molecular weight excluding hydrogens is 295 g/mol. The molecule has 0 radical (unpaired) electrons. The highest BCUT2D eigenvalue weighted by Gasteiger charge is 2.16. The molecule has 0 spiro atoms. The molecule has 18 heavy (non-hydrogen) atoms. The van der Waals surface area contributed by atoms with Crippen molar-refractivity contribution >= 4 is 31.3 Å². The minimum absolute atomic E-state index is 0.0787.